The Morgan fingerprint density at radius 1 is 1.85 bits per heavy atom. The lowest BCUT2D eigenvalue weighted by Gasteiger charge is -2.22. The van der Waals surface area contributed by atoms with Crippen molar-refractivity contribution < 1.29 is 19.8 Å². The highest BCUT2D eigenvalue weighted by atomic mass is 16.5. The zero-order valence-electron chi connectivity index (χ0n) is 7.86. The molecule has 0 spiro atoms. The molecule has 1 rings (SSSR count). The first-order chi connectivity index (χ1) is 5.98. The molecule has 2 atom stereocenters. The summed E-state index contributed by atoms with van der Waals surface area (Å²) in [6.07, 6.45) is -0.113. The van der Waals surface area contributed by atoms with E-state index < -0.39 is 5.97 Å². The standard InChI is InChI=1S/C8H14N2O3/c1-3-10(13)5-7(4-8(11)12)9-6(10)2/h7,13H,3-5H2,1-2H3. The number of rotatable bonds is 3. The molecular formula is C8H14N2O3. The Morgan fingerprint density at radius 3 is 2.85 bits per heavy atom. The Bertz CT molecular complexity index is 252. The highest BCUT2D eigenvalue weighted by Gasteiger charge is 2.38. The highest BCUT2D eigenvalue weighted by Crippen LogP contribution is 2.18. The first kappa shape index (κ1) is 10.1. The van der Waals surface area contributed by atoms with Gasteiger partial charge in [0.15, 0.2) is 0 Å². The predicted molar refractivity (Wildman–Crippen MR) is 44.0 cm³/mol. The van der Waals surface area contributed by atoms with Gasteiger partial charge in [0.05, 0.1) is 0 Å². The van der Waals surface area contributed by atoms with Gasteiger partial charge in [-0.15, -0.1) is 4.65 Å². The van der Waals surface area contributed by atoms with Crippen LogP contribution in [0.15, 0.2) is 4.99 Å². The number of carboxylic acid groups (broad SMARTS) is 1. The molecule has 0 aliphatic carbocycles. The third kappa shape index (κ3) is 2.05. The number of aliphatic carboxylic acids is 1. The molecular weight excluding hydrogens is 172 g/mol. The second-order valence-electron chi connectivity index (χ2n) is 3.33. The maximum Gasteiger partial charge on any atom is 0.228 e. The monoisotopic (exact) mass is 186 g/mol. The number of aliphatic imine (C=N–C) groups is 1. The molecule has 0 aromatic carbocycles. The van der Waals surface area contributed by atoms with Crippen LogP contribution in [0.4, 0.5) is 0 Å². The fourth-order valence-corrected chi connectivity index (χ4v) is 1.55. The second kappa shape index (κ2) is 3.43. The third-order valence-electron chi connectivity index (χ3n) is 2.41. The Hall–Kier alpha value is -0.940. The molecule has 13 heavy (non-hydrogen) atoms. The van der Waals surface area contributed by atoms with Crippen LogP contribution in [0.25, 0.3) is 0 Å². The summed E-state index contributed by atoms with van der Waals surface area (Å²) in [6, 6.07) is -0.338. The van der Waals surface area contributed by atoms with Crippen molar-refractivity contribution in [3.05, 3.63) is 0 Å². The smallest absolute Gasteiger partial charge is 0.228 e. The summed E-state index contributed by atoms with van der Waals surface area (Å²) in [7, 11) is 0. The number of amidine groups is 1. The van der Waals surface area contributed by atoms with E-state index in [9.17, 15) is 15.1 Å². The first-order valence-corrected chi connectivity index (χ1v) is 4.32. The molecule has 1 N–H and O–H groups in total. The lowest BCUT2D eigenvalue weighted by molar-refractivity contribution is -1.03. The molecule has 0 saturated heterocycles. The molecule has 0 radical (unpaired) electrons. The Labute approximate surface area is 76.9 Å². The second-order valence-corrected chi connectivity index (χ2v) is 3.33. The van der Waals surface area contributed by atoms with Gasteiger partial charge in [-0.1, -0.05) is 0 Å². The number of carbonyl (C=O) groups excluding carboxylic acids is 1. The van der Waals surface area contributed by atoms with Crippen LogP contribution in [0.1, 0.15) is 20.3 Å². The summed E-state index contributed by atoms with van der Waals surface area (Å²) in [5.41, 5.74) is 0. The van der Waals surface area contributed by atoms with E-state index in [0.717, 1.165) is 0 Å². The van der Waals surface area contributed by atoms with Gasteiger partial charge in [-0.3, -0.25) is 0 Å². The number of quaternary nitrogens is 1. The van der Waals surface area contributed by atoms with Crippen molar-refractivity contribution >= 4 is 11.8 Å². The maximum absolute atomic E-state index is 10.3. The van der Waals surface area contributed by atoms with Crippen LogP contribution in [0.2, 0.25) is 0 Å². The molecule has 1 aliphatic heterocycles. The topological polar surface area (TPSA) is 72.7 Å². The molecule has 0 amide bonds. The van der Waals surface area contributed by atoms with Crippen LogP contribution in [0.5, 0.6) is 0 Å². The van der Waals surface area contributed by atoms with Crippen molar-refractivity contribution in [1.82, 2.24) is 0 Å². The molecule has 0 aromatic rings. The van der Waals surface area contributed by atoms with Crippen molar-refractivity contribution in [1.29, 1.82) is 0 Å². The van der Waals surface area contributed by atoms with Crippen LogP contribution in [-0.4, -0.2) is 40.8 Å². The number of hydrogen-bond donors (Lipinski definition) is 1. The average Bonchev–Trinajstić information content (AvgIpc) is 2.27. The summed E-state index contributed by atoms with van der Waals surface area (Å²) in [5, 5.41) is 20.1. The number of hydroxylamine groups is 3. The predicted octanol–water partition coefficient (Wildman–Crippen LogP) is -0.847. The fourth-order valence-electron chi connectivity index (χ4n) is 1.55. The minimum absolute atomic E-state index is 0.113. The number of likely N-dealkylation sites (N-methyl/N-ethyl adjacent to an activating group) is 1. The summed E-state index contributed by atoms with van der Waals surface area (Å²) in [4.78, 5) is 14.4. The zero-order valence-corrected chi connectivity index (χ0v) is 7.86. The lowest BCUT2D eigenvalue weighted by Crippen LogP contribution is -2.47. The quantitative estimate of drug-likeness (QED) is 0.584. The van der Waals surface area contributed by atoms with Gasteiger partial charge in [0.2, 0.25) is 5.84 Å². The average molecular weight is 186 g/mol. The summed E-state index contributed by atoms with van der Waals surface area (Å²) < 4.78 is -0.238. The Morgan fingerprint density at radius 2 is 2.46 bits per heavy atom. The third-order valence-corrected chi connectivity index (χ3v) is 2.41. The molecule has 74 valence electrons. The molecule has 0 bridgehead atoms. The molecule has 0 saturated carbocycles. The molecule has 5 heteroatoms. The van der Waals surface area contributed by atoms with E-state index in [2.05, 4.69) is 4.99 Å². The lowest BCUT2D eigenvalue weighted by atomic mass is 10.2. The Balaban J connectivity index is 2.65. The van der Waals surface area contributed by atoms with Gasteiger partial charge in [-0.05, 0) is 6.92 Å². The molecule has 5 nitrogen and oxygen atoms in total. The van der Waals surface area contributed by atoms with Crippen molar-refractivity contribution in [2.75, 3.05) is 13.1 Å². The van der Waals surface area contributed by atoms with Gasteiger partial charge in [-0.25, -0.2) is 10.2 Å². The molecule has 0 aromatic heterocycles. The van der Waals surface area contributed by atoms with E-state index in [1.165, 1.54) is 0 Å². The van der Waals surface area contributed by atoms with E-state index in [-0.39, 0.29) is 17.1 Å². The maximum atomic E-state index is 10.3. The van der Waals surface area contributed by atoms with E-state index in [1.807, 2.05) is 6.92 Å². The van der Waals surface area contributed by atoms with Crippen LogP contribution in [0.3, 0.4) is 0 Å². The SMILES string of the molecule is CC[N+]1(O)CC(CC(=O)[O-])N=C1C. The van der Waals surface area contributed by atoms with E-state index in [0.29, 0.717) is 18.9 Å². The van der Waals surface area contributed by atoms with E-state index in [1.54, 1.807) is 6.92 Å². The summed E-state index contributed by atoms with van der Waals surface area (Å²) in [6.45, 7) is 4.40. The van der Waals surface area contributed by atoms with Crippen LogP contribution in [-0.2, 0) is 4.79 Å². The number of carboxylic acids is 1. The van der Waals surface area contributed by atoms with Crippen LogP contribution < -0.4 is 5.11 Å². The van der Waals surface area contributed by atoms with Gasteiger partial charge in [0.1, 0.15) is 19.1 Å². The van der Waals surface area contributed by atoms with Gasteiger partial charge in [0, 0.05) is 19.3 Å². The molecule has 1 heterocycles. The summed E-state index contributed by atoms with van der Waals surface area (Å²) in [5.74, 6) is -0.542. The van der Waals surface area contributed by atoms with E-state index in [4.69, 9.17) is 0 Å². The van der Waals surface area contributed by atoms with Crippen LogP contribution >= 0.6 is 0 Å². The van der Waals surface area contributed by atoms with Crippen LogP contribution in [0, 0.1) is 0 Å². The highest BCUT2D eigenvalue weighted by molar-refractivity contribution is 5.75. The molecule has 2 unspecified atom stereocenters. The summed E-state index contributed by atoms with van der Waals surface area (Å²) >= 11 is 0. The molecule has 0 fully saturated rings. The minimum Gasteiger partial charge on any atom is -0.550 e. The normalized spacial score (nSPS) is 33.2. The van der Waals surface area contributed by atoms with E-state index >= 15 is 0 Å². The minimum atomic E-state index is -1.12. The van der Waals surface area contributed by atoms with Gasteiger partial charge < -0.3 is 9.90 Å². The van der Waals surface area contributed by atoms with Gasteiger partial charge >= 0.3 is 0 Å². The number of hydrogen-bond acceptors (Lipinski definition) is 4. The van der Waals surface area contributed by atoms with Crippen molar-refractivity contribution in [3.8, 4) is 0 Å². The fraction of sp³-hybridized carbons (Fsp3) is 0.750. The van der Waals surface area contributed by atoms with Gasteiger partial charge in [-0.2, -0.15) is 0 Å². The van der Waals surface area contributed by atoms with Crippen molar-refractivity contribution in [2.24, 2.45) is 4.99 Å². The zero-order chi connectivity index (χ0) is 10.1. The Kier molecular flexibility index (Phi) is 2.68. The largest absolute Gasteiger partial charge is 0.550 e. The van der Waals surface area contributed by atoms with Gasteiger partial charge in [0.25, 0.3) is 0 Å². The number of carbonyl (C=O) groups is 1. The van der Waals surface area contributed by atoms with Crippen molar-refractivity contribution in [2.45, 2.75) is 26.3 Å². The van der Waals surface area contributed by atoms with Crippen molar-refractivity contribution in [3.63, 3.8) is 0 Å². The molecule has 1 aliphatic rings. The number of nitrogens with zero attached hydrogens (tertiary/aromatic N) is 2. The first-order valence-electron chi connectivity index (χ1n) is 4.32.